The summed E-state index contributed by atoms with van der Waals surface area (Å²) in [5.41, 5.74) is 4.44. The van der Waals surface area contributed by atoms with Crippen LogP contribution in [0.15, 0.2) is 71.9 Å². The lowest BCUT2D eigenvalue weighted by Crippen LogP contribution is -2.33. The van der Waals surface area contributed by atoms with Gasteiger partial charge < -0.3 is 9.67 Å². The molecular weight excluding hydrogens is 538 g/mol. The number of rotatable bonds is 9. The first-order valence-corrected chi connectivity index (χ1v) is 15.7. The lowest BCUT2D eigenvalue weighted by Gasteiger charge is -2.24. The van der Waals surface area contributed by atoms with E-state index in [-0.39, 0.29) is 29.9 Å². The molecule has 41 heavy (non-hydrogen) atoms. The van der Waals surface area contributed by atoms with Gasteiger partial charge in [0.25, 0.3) is 0 Å². The number of nitrogens with zero attached hydrogens (tertiary/aromatic N) is 5. The molecule has 4 aromatic rings. The van der Waals surface area contributed by atoms with Gasteiger partial charge in [0, 0.05) is 55.7 Å². The zero-order valence-corrected chi connectivity index (χ0v) is 24.2. The Labute approximate surface area is 240 Å². The van der Waals surface area contributed by atoms with E-state index >= 15 is 0 Å². The zero-order valence-electron chi connectivity index (χ0n) is 23.3. The predicted octanol–water partition coefficient (Wildman–Crippen LogP) is 5.13. The first-order valence-electron chi connectivity index (χ1n) is 14.2. The van der Waals surface area contributed by atoms with E-state index in [2.05, 4.69) is 17.2 Å². The van der Waals surface area contributed by atoms with Crippen molar-refractivity contribution in [2.45, 2.75) is 62.3 Å². The van der Waals surface area contributed by atoms with Gasteiger partial charge >= 0.3 is 5.97 Å². The van der Waals surface area contributed by atoms with Crippen molar-refractivity contribution in [2.24, 2.45) is 13.0 Å². The monoisotopic (exact) mass is 573 g/mol. The summed E-state index contributed by atoms with van der Waals surface area (Å²) in [6.45, 7) is 2.88. The molecule has 214 valence electrons. The first-order chi connectivity index (χ1) is 19.8. The minimum absolute atomic E-state index is 0.0123. The van der Waals surface area contributed by atoms with Crippen LogP contribution >= 0.6 is 0 Å². The molecule has 0 saturated heterocycles. The van der Waals surface area contributed by atoms with Gasteiger partial charge in [-0.05, 0) is 60.6 Å². The molecule has 0 bridgehead atoms. The summed E-state index contributed by atoms with van der Waals surface area (Å²) in [5.74, 6) is -0.593. The van der Waals surface area contributed by atoms with Crippen molar-refractivity contribution in [2.75, 3.05) is 6.54 Å². The lowest BCUT2D eigenvalue weighted by molar-refractivity contribution is 0.0695. The van der Waals surface area contributed by atoms with Crippen molar-refractivity contribution in [3.05, 3.63) is 95.1 Å². The number of sulfonamides is 1. The molecule has 0 unspecified atom stereocenters. The molecule has 2 aromatic carbocycles. The molecule has 1 saturated carbocycles. The second kappa shape index (κ2) is 10.9. The number of unbranched alkanes of at least 4 members (excludes halogenated alkanes) is 1. The Morgan fingerprint density at radius 1 is 1.10 bits per heavy atom. The molecular formula is C31H35N5O4S. The number of benzene rings is 2. The zero-order chi connectivity index (χ0) is 28.7. The van der Waals surface area contributed by atoms with E-state index < -0.39 is 16.0 Å². The lowest BCUT2D eigenvalue weighted by atomic mass is 9.94. The molecule has 3 atom stereocenters. The highest BCUT2D eigenvalue weighted by Gasteiger charge is 2.45. The maximum atomic E-state index is 13.8. The quantitative estimate of drug-likeness (QED) is 0.297. The highest BCUT2D eigenvalue weighted by Crippen LogP contribution is 2.55. The van der Waals surface area contributed by atoms with E-state index in [1.165, 1.54) is 0 Å². The molecule has 3 heterocycles. The van der Waals surface area contributed by atoms with Crippen molar-refractivity contribution < 1.29 is 18.3 Å². The van der Waals surface area contributed by atoms with Crippen LogP contribution in [0, 0.1) is 5.92 Å². The number of carboxylic acids is 1. The van der Waals surface area contributed by atoms with Gasteiger partial charge in [-0.15, -0.1) is 5.10 Å². The second-order valence-electron chi connectivity index (χ2n) is 11.3. The van der Waals surface area contributed by atoms with Crippen molar-refractivity contribution in [1.82, 2.24) is 23.9 Å². The first kappa shape index (κ1) is 27.4. The van der Waals surface area contributed by atoms with E-state index in [0.29, 0.717) is 11.4 Å². The van der Waals surface area contributed by atoms with Gasteiger partial charge in [-0.1, -0.05) is 55.3 Å². The standard InChI is InChI=1S/C31H35N5O4S/c1-3-4-8-21-15-23-10-5-6-12-29(23)41(39,40)35(18-21)19-22-9-7-11-24(16-22)36-14-13-25(31(37)38)30(36)27-17-26(27)28-20-34(2)33-32-28/h5-7,9-14,16,20-21,26-27H,3-4,8,15,17-19H2,1-2H3,(H,37,38)/t21-,26+,27+/m0/s1. The molecule has 1 aliphatic carbocycles. The van der Waals surface area contributed by atoms with E-state index in [9.17, 15) is 18.3 Å². The third-order valence-electron chi connectivity index (χ3n) is 8.37. The van der Waals surface area contributed by atoms with Crippen molar-refractivity contribution in [1.29, 1.82) is 0 Å². The molecule has 1 aliphatic heterocycles. The van der Waals surface area contributed by atoms with Gasteiger partial charge in [0.1, 0.15) is 0 Å². The Bertz CT molecular complexity index is 1690. The number of aryl methyl sites for hydroxylation is 1. The molecule has 1 N–H and O–H groups in total. The molecule has 0 amide bonds. The molecule has 2 aliphatic rings. The average molecular weight is 574 g/mol. The number of aromatic nitrogens is 4. The van der Waals surface area contributed by atoms with Gasteiger partial charge in [0.2, 0.25) is 10.0 Å². The molecule has 2 aromatic heterocycles. The maximum absolute atomic E-state index is 13.8. The van der Waals surface area contributed by atoms with Crippen LogP contribution < -0.4 is 0 Å². The van der Waals surface area contributed by atoms with Crippen LogP contribution in [0.4, 0.5) is 0 Å². The smallest absolute Gasteiger partial charge is 0.337 e. The summed E-state index contributed by atoms with van der Waals surface area (Å²) in [6, 6.07) is 16.8. The third-order valence-corrected chi connectivity index (χ3v) is 10.3. The Hall–Kier alpha value is -3.76. The van der Waals surface area contributed by atoms with Crippen LogP contribution in [0.25, 0.3) is 5.69 Å². The van der Waals surface area contributed by atoms with E-state index in [1.807, 2.05) is 54.2 Å². The summed E-state index contributed by atoms with van der Waals surface area (Å²) in [7, 11) is -1.85. The van der Waals surface area contributed by atoms with E-state index in [4.69, 9.17) is 0 Å². The van der Waals surface area contributed by atoms with Crippen LogP contribution in [0.1, 0.15) is 77.3 Å². The maximum Gasteiger partial charge on any atom is 0.337 e. The van der Waals surface area contributed by atoms with Crippen LogP contribution in [0.2, 0.25) is 0 Å². The Kier molecular flexibility index (Phi) is 7.29. The Morgan fingerprint density at radius 2 is 1.93 bits per heavy atom. The van der Waals surface area contributed by atoms with E-state index in [1.54, 1.807) is 33.4 Å². The number of carbonyl (C=O) groups is 1. The molecule has 0 spiro atoms. The van der Waals surface area contributed by atoms with Crippen LogP contribution in [0.3, 0.4) is 0 Å². The molecule has 10 heteroatoms. The number of hydrogen-bond acceptors (Lipinski definition) is 5. The summed E-state index contributed by atoms with van der Waals surface area (Å²) in [6.07, 6.45) is 8.35. The van der Waals surface area contributed by atoms with Crippen LogP contribution in [0.5, 0.6) is 0 Å². The third kappa shape index (κ3) is 5.34. The highest BCUT2D eigenvalue weighted by atomic mass is 32.2. The summed E-state index contributed by atoms with van der Waals surface area (Å²) >= 11 is 0. The second-order valence-corrected chi connectivity index (χ2v) is 13.2. The highest BCUT2D eigenvalue weighted by molar-refractivity contribution is 7.89. The number of aromatic carboxylic acids is 1. The van der Waals surface area contributed by atoms with Gasteiger partial charge in [-0.25, -0.2) is 13.2 Å². The largest absolute Gasteiger partial charge is 0.478 e. The number of carboxylic acid groups (broad SMARTS) is 1. The summed E-state index contributed by atoms with van der Waals surface area (Å²) < 4.78 is 32.9. The Morgan fingerprint density at radius 3 is 2.68 bits per heavy atom. The van der Waals surface area contributed by atoms with Gasteiger partial charge in [-0.2, -0.15) is 4.31 Å². The number of hydrogen-bond donors (Lipinski definition) is 1. The Balaban J connectivity index is 1.32. The van der Waals surface area contributed by atoms with Gasteiger partial charge in [0.15, 0.2) is 0 Å². The SMILES string of the molecule is CCCC[C@H]1Cc2ccccc2S(=O)(=O)N(Cc2cccc(-n3ccc(C(=O)O)c3[C@@H]3C[C@H]3c3cn(C)nn3)c2)C1. The fourth-order valence-corrected chi connectivity index (χ4v) is 7.99. The van der Waals surface area contributed by atoms with Gasteiger partial charge in [-0.3, -0.25) is 4.68 Å². The molecule has 1 fully saturated rings. The fourth-order valence-electron chi connectivity index (χ4n) is 6.26. The predicted molar refractivity (Wildman–Crippen MR) is 155 cm³/mol. The summed E-state index contributed by atoms with van der Waals surface area (Å²) in [5, 5.41) is 18.3. The van der Waals surface area contributed by atoms with Crippen molar-refractivity contribution in [3.63, 3.8) is 0 Å². The van der Waals surface area contributed by atoms with Crippen LogP contribution in [-0.4, -0.2) is 49.9 Å². The minimum atomic E-state index is -3.67. The number of fused-ring (bicyclic) bond motifs is 1. The van der Waals surface area contributed by atoms with E-state index in [0.717, 1.165) is 60.3 Å². The summed E-state index contributed by atoms with van der Waals surface area (Å²) in [4.78, 5) is 12.6. The normalized spacial score (nSPS) is 21.8. The van der Waals surface area contributed by atoms with Crippen LogP contribution in [-0.2, 0) is 30.0 Å². The average Bonchev–Trinajstić information content (AvgIpc) is 3.43. The van der Waals surface area contributed by atoms with Gasteiger partial charge in [0.05, 0.1) is 16.2 Å². The van der Waals surface area contributed by atoms with Crippen molar-refractivity contribution >= 4 is 16.0 Å². The molecule has 6 rings (SSSR count). The van der Waals surface area contributed by atoms with Crippen molar-refractivity contribution in [3.8, 4) is 5.69 Å². The minimum Gasteiger partial charge on any atom is -0.478 e. The fraction of sp³-hybridized carbons (Fsp3) is 0.387. The topological polar surface area (TPSA) is 110 Å². The molecule has 0 radical (unpaired) electrons. The molecule has 9 nitrogen and oxygen atoms in total.